The Morgan fingerprint density at radius 1 is 0.906 bits per heavy atom. The number of amides is 1. The van der Waals surface area contributed by atoms with E-state index >= 15 is 0 Å². The molecule has 1 N–H and O–H groups in total. The highest BCUT2D eigenvalue weighted by atomic mass is 35.5. The number of hydrogen-bond acceptors (Lipinski definition) is 4. The molecule has 32 heavy (non-hydrogen) atoms. The van der Waals surface area contributed by atoms with Crippen LogP contribution in [0.2, 0.25) is 5.02 Å². The molecule has 1 saturated heterocycles. The van der Waals surface area contributed by atoms with Gasteiger partial charge in [0.1, 0.15) is 5.82 Å². The van der Waals surface area contributed by atoms with Crippen molar-refractivity contribution in [1.29, 1.82) is 0 Å². The Bertz CT molecular complexity index is 1210. The lowest BCUT2D eigenvalue weighted by Gasteiger charge is -2.36. The molecule has 0 unspecified atom stereocenters. The summed E-state index contributed by atoms with van der Waals surface area (Å²) >= 11 is 6.17. The minimum atomic E-state index is -3.99. The highest BCUT2D eigenvalue weighted by molar-refractivity contribution is 7.92. The van der Waals surface area contributed by atoms with E-state index < -0.39 is 15.8 Å². The van der Waals surface area contributed by atoms with Gasteiger partial charge in [-0.05, 0) is 54.6 Å². The van der Waals surface area contributed by atoms with Gasteiger partial charge in [-0.25, -0.2) is 12.8 Å². The second kappa shape index (κ2) is 9.18. The van der Waals surface area contributed by atoms with Gasteiger partial charge in [-0.3, -0.25) is 9.52 Å². The van der Waals surface area contributed by atoms with Crippen molar-refractivity contribution in [3.05, 3.63) is 89.2 Å². The summed E-state index contributed by atoms with van der Waals surface area (Å²) in [5.41, 5.74) is 1.53. The molecule has 166 valence electrons. The lowest BCUT2D eigenvalue weighted by atomic mass is 10.1. The molecule has 0 aliphatic carbocycles. The van der Waals surface area contributed by atoms with E-state index in [9.17, 15) is 17.6 Å². The first kappa shape index (κ1) is 22.1. The van der Waals surface area contributed by atoms with E-state index in [1.807, 2.05) is 30.3 Å². The lowest BCUT2D eigenvalue weighted by molar-refractivity contribution is 0.0747. The summed E-state index contributed by atoms with van der Waals surface area (Å²) in [5.74, 6) is -0.737. The number of carbonyl (C=O) groups excluding carboxylic acids is 1. The fourth-order valence-corrected chi connectivity index (χ4v) is 4.83. The lowest BCUT2D eigenvalue weighted by Crippen LogP contribution is -2.48. The van der Waals surface area contributed by atoms with Crippen molar-refractivity contribution >= 4 is 38.9 Å². The molecule has 9 heteroatoms. The predicted molar refractivity (Wildman–Crippen MR) is 123 cm³/mol. The molecule has 3 aromatic carbocycles. The number of hydrogen-bond donors (Lipinski definition) is 1. The van der Waals surface area contributed by atoms with E-state index in [1.165, 1.54) is 12.1 Å². The number of benzene rings is 3. The van der Waals surface area contributed by atoms with Gasteiger partial charge in [0.15, 0.2) is 0 Å². The van der Waals surface area contributed by atoms with Crippen LogP contribution >= 0.6 is 11.6 Å². The number of halogens is 2. The Balaban J connectivity index is 1.47. The smallest absolute Gasteiger partial charge is 0.261 e. The van der Waals surface area contributed by atoms with Gasteiger partial charge in [-0.1, -0.05) is 29.8 Å². The third-order valence-electron chi connectivity index (χ3n) is 5.27. The van der Waals surface area contributed by atoms with E-state index in [0.29, 0.717) is 31.7 Å². The minimum Gasteiger partial charge on any atom is -0.368 e. The average molecular weight is 474 g/mol. The normalized spacial score (nSPS) is 14.3. The number of nitrogens with one attached hydrogen (secondary N) is 1. The van der Waals surface area contributed by atoms with Crippen LogP contribution in [0.15, 0.2) is 77.7 Å². The zero-order valence-electron chi connectivity index (χ0n) is 17.0. The molecule has 1 fully saturated rings. The molecule has 0 aromatic heterocycles. The molecule has 1 amide bonds. The largest absolute Gasteiger partial charge is 0.368 e. The molecule has 3 aromatic rings. The fraction of sp³-hybridized carbons (Fsp3) is 0.174. The third-order valence-corrected chi connectivity index (χ3v) is 6.98. The zero-order chi connectivity index (χ0) is 22.7. The maximum Gasteiger partial charge on any atom is 0.261 e. The quantitative estimate of drug-likeness (QED) is 0.601. The van der Waals surface area contributed by atoms with Crippen LogP contribution in [0.5, 0.6) is 0 Å². The Morgan fingerprint density at radius 2 is 1.56 bits per heavy atom. The molecular weight excluding hydrogens is 453 g/mol. The van der Waals surface area contributed by atoms with Gasteiger partial charge in [0.25, 0.3) is 15.9 Å². The molecule has 1 heterocycles. The van der Waals surface area contributed by atoms with E-state index in [1.54, 1.807) is 11.0 Å². The van der Waals surface area contributed by atoms with E-state index in [-0.39, 0.29) is 21.5 Å². The SMILES string of the molecule is O=C(c1ccc(Cl)c(NS(=O)(=O)c2ccc(F)cc2)c1)N1CCN(c2ccccc2)CC1. The van der Waals surface area contributed by atoms with Crippen LogP contribution in [0.1, 0.15) is 10.4 Å². The van der Waals surface area contributed by atoms with Gasteiger partial charge < -0.3 is 9.80 Å². The first-order valence-electron chi connectivity index (χ1n) is 10.0. The van der Waals surface area contributed by atoms with Crippen molar-refractivity contribution in [2.45, 2.75) is 4.90 Å². The van der Waals surface area contributed by atoms with Crippen molar-refractivity contribution in [1.82, 2.24) is 4.90 Å². The van der Waals surface area contributed by atoms with Gasteiger partial charge in [0.2, 0.25) is 0 Å². The van der Waals surface area contributed by atoms with Crippen LogP contribution in [0, 0.1) is 5.82 Å². The second-order valence-electron chi connectivity index (χ2n) is 7.37. The summed E-state index contributed by atoms with van der Waals surface area (Å²) in [6.07, 6.45) is 0. The van der Waals surface area contributed by atoms with Crippen molar-refractivity contribution in [2.24, 2.45) is 0 Å². The Hall–Kier alpha value is -3.10. The van der Waals surface area contributed by atoms with Crippen LogP contribution in [0.3, 0.4) is 0 Å². The second-order valence-corrected chi connectivity index (χ2v) is 9.46. The minimum absolute atomic E-state index is 0.0877. The fourth-order valence-electron chi connectivity index (χ4n) is 3.54. The van der Waals surface area contributed by atoms with Gasteiger partial charge in [-0.15, -0.1) is 0 Å². The Morgan fingerprint density at radius 3 is 2.22 bits per heavy atom. The molecule has 1 aliphatic rings. The number of piperazine rings is 1. The molecule has 0 bridgehead atoms. The van der Waals surface area contributed by atoms with Gasteiger partial charge in [-0.2, -0.15) is 0 Å². The Labute approximate surface area is 191 Å². The monoisotopic (exact) mass is 473 g/mol. The van der Waals surface area contributed by atoms with E-state index in [4.69, 9.17) is 11.6 Å². The van der Waals surface area contributed by atoms with Crippen molar-refractivity contribution in [3.8, 4) is 0 Å². The summed E-state index contributed by atoms with van der Waals surface area (Å²) in [6, 6.07) is 18.9. The third kappa shape index (κ3) is 4.87. The molecule has 6 nitrogen and oxygen atoms in total. The molecule has 0 saturated carbocycles. The molecular formula is C23H21ClFN3O3S. The van der Waals surface area contributed by atoms with Crippen molar-refractivity contribution in [2.75, 3.05) is 35.8 Å². The predicted octanol–water partition coefficient (Wildman–Crippen LogP) is 4.24. The van der Waals surface area contributed by atoms with Crippen LogP contribution in [0.4, 0.5) is 15.8 Å². The standard InChI is InChI=1S/C23H21ClFN3O3S/c24-21-11-6-17(16-22(21)26-32(30,31)20-9-7-18(25)8-10-20)23(29)28-14-12-27(13-15-28)19-4-2-1-3-5-19/h1-11,16,26H,12-15H2. The van der Waals surface area contributed by atoms with E-state index in [2.05, 4.69) is 9.62 Å². The van der Waals surface area contributed by atoms with Crippen LogP contribution in [0.25, 0.3) is 0 Å². The zero-order valence-corrected chi connectivity index (χ0v) is 18.6. The van der Waals surface area contributed by atoms with Crippen LogP contribution in [-0.4, -0.2) is 45.4 Å². The summed E-state index contributed by atoms with van der Waals surface area (Å²) in [4.78, 5) is 16.9. The molecule has 0 atom stereocenters. The first-order chi connectivity index (χ1) is 15.3. The molecule has 1 aliphatic heterocycles. The highest BCUT2D eigenvalue weighted by Gasteiger charge is 2.24. The summed E-state index contributed by atoms with van der Waals surface area (Å²) in [7, 11) is -3.99. The molecule has 0 spiro atoms. The average Bonchev–Trinajstić information content (AvgIpc) is 2.81. The number of carbonyl (C=O) groups is 1. The number of sulfonamides is 1. The highest BCUT2D eigenvalue weighted by Crippen LogP contribution is 2.27. The van der Waals surface area contributed by atoms with Crippen molar-refractivity contribution in [3.63, 3.8) is 0 Å². The summed E-state index contributed by atoms with van der Waals surface area (Å²) < 4.78 is 40.8. The molecule has 4 rings (SSSR count). The van der Waals surface area contributed by atoms with E-state index in [0.717, 1.165) is 30.0 Å². The number of rotatable bonds is 5. The first-order valence-corrected chi connectivity index (χ1v) is 11.9. The van der Waals surface area contributed by atoms with Crippen molar-refractivity contribution < 1.29 is 17.6 Å². The topological polar surface area (TPSA) is 69.7 Å². The number of nitrogens with zero attached hydrogens (tertiary/aromatic N) is 2. The summed E-state index contributed by atoms with van der Waals surface area (Å²) in [6.45, 7) is 2.50. The van der Waals surface area contributed by atoms with Crippen LogP contribution < -0.4 is 9.62 Å². The van der Waals surface area contributed by atoms with Gasteiger partial charge in [0.05, 0.1) is 15.6 Å². The van der Waals surface area contributed by atoms with Gasteiger partial charge in [0, 0.05) is 37.4 Å². The molecule has 0 radical (unpaired) electrons. The Kier molecular flexibility index (Phi) is 6.34. The number of para-hydroxylation sites is 1. The van der Waals surface area contributed by atoms with Crippen LogP contribution in [-0.2, 0) is 10.0 Å². The number of anilines is 2. The summed E-state index contributed by atoms with van der Waals surface area (Å²) in [5, 5.41) is 0.154. The maximum absolute atomic E-state index is 13.1. The maximum atomic E-state index is 13.1. The van der Waals surface area contributed by atoms with Gasteiger partial charge >= 0.3 is 0 Å².